The van der Waals surface area contributed by atoms with Gasteiger partial charge < -0.3 is 5.32 Å². The average molecular weight is 240 g/mol. The summed E-state index contributed by atoms with van der Waals surface area (Å²) in [6, 6.07) is 0.400. The van der Waals surface area contributed by atoms with Gasteiger partial charge in [-0.2, -0.15) is 0 Å². The zero-order chi connectivity index (χ0) is 12.0. The number of thiazole rings is 1. The third-order valence-electron chi connectivity index (χ3n) is 2.70. The molecule has 1 unspecified atom stereocenters. The molecule has 0 radical (unpaired) electrons. The molecule has 3 heteroatoms. The van der Waals surface area contributed by atoms with Gasteiger partial charge in [-0.05, 0) is 38.6 Å². The Morgan fingerprint density at radius 2 is 2.12 bits per heavy atom. The van der Waals surface area contributed by atoms with Crippen LogP contribution in [-0.2, 0) is 6.42 Å². The Hall–Kier alpha value is -0.410. The van der Waals surface area contributed by atoms with Gasteiger partial charge in [0.25, 0.3) is 0 Å². The summed E-state index contributed by atoms with van der Waals surface area (Å²) in [5, 5.41) is 4.76. The Bertz CT molecular complexity index is 294. The molecule has 2 nitrogen and oxygen atoms in total. The van der Waals surface area contributed by atoms with Crippen LogP contribution in [0.1, 0.15) is 56.5 Å². The van der Waals surface area contributed by atoms with Crippen molar-refractivity contribution in [2.45, 2.75) is 53.0 Å². The summed E-state index contributed by atoms with van der Waals surface area (Å²) >= 11 is 1.83. The predicted octanol–water partition coefficient (Wildman–Crippen LogP) is 3.79. The van der Waals surface area contributed by atoms with E-state index in [0.29, 0.717) is 6.04 Å². The van der Waals surface area contributed by atoms with E-state index in [2.05, 4.69) is 38.0 Å². The molecule has 0 aromatic carbocycles. The lowest BCUT2D eigenvalue weighted by atomic mass is 10.1. The first-order valence-electron chi connectivity index (χ1n) is 6.31. The monoisotopic (exact) mass is 240 g/mol. The van der Waals surface area contributed by atoms with Crippen LogP contribution in [0.4, 0.5) is 0 Å². The Morgan fingerprint density at radius 1 is 1.38 bits per heavy atom. The summed E-state index contributed by atoms with van der Waals surface area (Å²) in [6.45, 7) is 10.0. The average Bonchev–Trinajstić information content (AvgIpc) is 2.72. The van der Waals surface area contributed by atoms with Gasteiger partial charge in [0.15, 0.2) is 0 Å². The second-order valence-electron chi connectivity index (χ2n) is 4.73. The molecule has 16 heavy (non-hydrogen) atoms. The minimum atomic E-state index is 0.400. The fourth-order valence-corrected chi connectivity index (χ4v) is 2.49. The zero-order valence-corrected chi connectivity index (χ0v) is 11.7. The summed E-state index contributed by atoms with van der Waals surface area (Å²) in [4.78, 5) is 5.84. The largest absolute Gasteiger partial charge is 0.308 e. The molecule has 92 valence electrons. The van der Waals surface area contributed by atoms with Gasteiger partial charge in [-0.15, -0.1) is 11.3 Å². The lowest BCUT2D eigenvalue weighted by molar-refractivity contribution is 0.497. The summed E-state index contributed by atoms with van der Waals surface area (Å²) in [5.41, 5.74) is 0. The van der Waals surface area contributed by atoms with Crippen LogP contribution in [0, 0.1) is 5.92 Å². The standard InChI is InChI=1S/C13H24N2S/c1-5-12-9-15-13(16-12)11(4)14-8-6-7-10(2)3/h9-11,14H,5-8H2,1-4H3. The molecule has 0 amide bonds. The minimum absolute atomic E-state index is 0.400. The Labute approximate surface area is 103 Å². The first kappa shape index (κ1) is 13.7. The molecular weight excluding hydrogens is 216 g/mol. The van der Waals surface area contributed by atoms with Gasteiger partial charge in [-0.1, -0.05) is 20.8 Å². The van der Waals surface area contributed by atoms with Gasteiger partial charge in [0.05, 0.1) is 6.04 Å². The van der Waals surface area contributed by atoms with Crippen LogP contribution in [0.15, 0.2) is 6.20 Å². The van der Waals surface area contributed by atoms with Crippen LogP contribution < -0.4 is 5.32 Å². The number of nitrogens with one attached hydrogen (secondary N) is 1. The van der Waals surface area contributed by atoms with Crippen molar-refractivity contribution in [2.75, 3.05) is 6.54 Å². The molecule has 1 aromatic heterocycles. The second-order valence-corrected chi connectivity index (χ2v) is 5.88. The Morgan fingerprint density at radius 3 is 2.69 bits per heavy atom. The lowest BCUT2D eigenvalue weighted by Crippen LogP contribution is -2.19. The molecule has 0 aliphatic heterocycles. The highest BCUT2D eigenvalue weighted by atomic mass is 32.1. The molecule has 1 heterocycles. The van der Waals surface area contributed by atoms with E-state index in [-0.39, 0.29) is 0 Å². The van der Waals surface area contributed by atoms with Crippen molar-refractivity contribution < 1.29 is 0 Å². The van der Waals surface area contributed by atoms with Gasteiger partial charge in [0.2, 0.25) is 0 Å². The van der Waals surface area contributed by atoms with Crippen molar-refractivity contribution in [3.05, 3.63) is 16.1 Å². The molecule has 1 atom stereocenters. The van der Waals surface area contributed by atoms with Crippen LogP contribution in [0.5, 0.6) is 0 Å². The second kappa shape index (κ2) is 7.02. The number of hydrogen-bond donors (Lipinski definition) is 1. The quantitative estimate of drug-likeness (QED) is 0.733. The number of rotatable bonds is 7. The van der Waals surface area contributed by atoms with Gasteiger partial charge in [-0.25, -0.2) is 4.98 Å². The molecule has 0 spiro atoms. The minimum Gasteiger partial charge on any atom is -0.308 e. The van der Waals surface area contributed by atoms with Gasteiger partial charge >= 0.3 is 0 Å². The summed E-state index contributed by atoms with van der Waals surface area (Å²) in [7, 11) is 0. The van der Waals surface area contributed by atoms with Crippen molar-refractivity contribution in [3.8, 4) is 0 Å². The first-order chi connectivity index (χ1) is 7.63. The first-order valence-corrected chi connectivity index (χ1v) is 7.13. The van der Waals surface area contributed by atoms with Crippen molar-refractivity contribution >= 4 is 11.3 Å². The smallest absolute Gasteiger partial charge is 0.109 e. The Kier molecular flexibility index (Phi) is 5.99. The lowest BCUT2D eigenvalue weighted by Gasteiger charge is -2.11. The van der Waals surface area contributed by atoms with E-state index < -0.39 is 0 Å². The fraction of sp³-hybridized carbons (Fsp3) is 0.769. The molecule has 1 N–H and O–H groups in total. The van der Waals surface area contributed by atoms with E-state index in [1.165, 1.54) is 22.7 Å². The third kappa shape index (κ3) is 4.62. The SMILES string of the molecule is CCc1cnc(C(C)NCCCC(C)C)s1. The van der Waals surface area contributed by atoms with E-state index in [4.69, 9.17) is 0 Å². The predicted molar refractivity (Wildman–Crippen MR) is 72.0 cm³/mol. The number of hydrogen-bond acceptors (Lipinski definition) is 3. The number of nitrogens with zero attached hydrogens (tertiary/aromatic N) is 1. The van der Waals surface area contributed by atoms with Crippen molar-refractivity contribution in [1.82, 2.24) is 10.3 Å². The molecule has 0 aliphatic rings. The summed E-state index contributed by atoms with van der Waals surface area (Å²) in [6.07, 6.45) is 5.66. The van der Waals surface area contributed by atoms with Crippen molar-refractivity contribution in [1.29, 1.82) is 0 Å². The fourth-order valence-electron chi connectivity index (χ4n) is 1.60. The van der Waals surface area contributed by atoms with E-state index >= 15 is 0 Å². The Balaban J connectivity index is 2.26. The molecule has 0 fully saturated rings. The summed E-state index contributed by atoms with van der Waals surface area (Å²) in [5.74, 6) is 0.809. The topological polar surface area (TPSA) is 24.9 Å². The van der Waals surface area contributed by atoms with E-state index in [1.807, 2.05) is 17.5 Å². The highest BCUT2D eigenvalue weighted by molar-refractivity contribution is 7.11. The third-order valence-corrected chi connectivity index (χ3v) is 4.02. The highest BCUT2D eigenvalue weighted by Gasteiger charge is 2.08. The van der Waals surface area contributed by atoms with Crippen molar-refractivity contribution in [2.24, 2.45) is 5.92 Å². The van der Waals surface area contributed by atoms with Gasteiger partial charge in [0.1, 0.15) is 5.01 Å². The zero-order valence-electron chi connectivity index (χ0n) is 10.9. The van der Waals surface area contributed by atoms with Crippen LogP contribution in [0.2, 0.25) is 0 Å². The number of aryl methyl sites for hydroxylation is 1. The molecule has 0 aliphatic carbocycles. The molecule has 0 saturated heterocycles. The van der Waals surface area contributed by atoms with Crippen LogP contribution in [0.25, 0.3) is 0 Å². The maximum atomic E-state index is 4.46. The van der Waals surface area contributed by atoms with Crippen LogP contribution in [0.3, 0.4) is 0 Å². The van der Waals surface area contributed by atoms with E-state index in [9.17, 15) is 0 Å². The van der Waals surface area contributed by atoms with Gasteiger partial charge in [-0.3, -0.25) is 0 Å². The molecule has 0 saturated carbocycles. The highest BCUT2D eigenvalue weighted by Crippen LogP contribution is 2.20. The van der Waals surface area contributed by atoms with Crippen molar-refractivity contribution in [3.63, 3.8) is 0 Å². The van der Waals surface area contributed by atoms with E-state index in [1.54, 1.807) is 0 Å². The normalized spacial score (nSPS) is 13.3. The van der Waals surface area contributed by atoms with Crippen LogP contribution >= 0.6 is 11.3 Å². The molecule has 1 rings (SSSR count). The van der Waals surface area contributed by atoms with Crippen LogP contribution in [-0.4, -0.2) is 11.5 Å². The molecule has 0 bridgehead atoms. The molecule has 1 aromatic rings. The summed E-state index contributed by atoms with van der Waals surface area (Å²) < 4.78 is 0. The van der Waals surface area contributed by atoms with Gasteiger partial charge in [0, 0.05) is 11.1 Å². The van der Waals surface area contributed by atoms with E-state index in [0.717, 1.165) is 18.9 Å². The maximum absolute atomic E-state index is 4.46. The molecular formula is C13H24N2S. The maximum Gasteiger partial charge on any atom is 0.109 e. The number of aromatic nitrogens is 1.